The van der Waals surface area contributed by atoms with Crippen LogP contribution in [0, 0.1) is 0 Å². The Morgan fingerprint density at radius 2 is 1.67 bits per heavy atom. The van der Waals surface area contributed by atoms with Crippen molar-refractivity contribution in [3.8, 4) is 0 Å². The maximum atomic E-state index is 12.4. The summed E-state index contributed by atoms with van der Waals surface area (Å²) in [4.78, 5) is 26.2. The Hall–Kier alpha value is -2.46. The van der Waals surface area contributed by atoms with Crippen molar-refractivity contribution in [3.05, 3.63) is 65.7 Å². The molecule has 24 heavy (non-hydrogen) atoms. The van der Waals surface area contributed by atoms with E-state index in [-0.39, 0.29) is 11.7 Å². The minimum Gasteiger partial charge on any atom is -0.324 e. The minimum atomic E-state index is -0.104. The summed E-state index contributed by atoms with van der Waals surface area (Å²) in [5.74, 6) is -0.159. The lowest BCUT2D eigenvalue weighted by Crippen LogP contribution is -2.33. The third-order valence-electron chi connectivity index (χ3n) is 3.74. The molecule has 2 aromatic rings. The average Bonchev–Trinajstić information content (AvgIpc) is 2.56. The van der Waals surface area contributed by atoms with Crippen LogP contribution in [0.5, 0.6) is 0 Å². The van der Waals surface area contributed by atoms with Gasteiger partial charge in [-0.1, -0.05) is 49.4 Å². The Kier molecular flexibility index (Phi) is 6.70. The van der Waals surface area contributed by atoms with Crippen molar-refractivity contribution in [1.29, 1.82) is 0 Å². The standard InChI is InChI=1S/C20H24N2O2/c1-3-13-22(14-17-9-5-4-6-10-17)15-20(24)21-19-12-8-7-11-18(19)16(2)23/h4-12H,3,13-15H2,1-2H3,(H,21,24). The summed E-state index contributed by atoms with van der Waals surface area (Å²) in [5.41, 5.74) is 2.30. The van der Waals surface area contributed by atoms with Gasteiger partial charge in [-0.05, 0) is 37.6 Å². The highest BCUT2D eigenvalue weighted by atomic mass is 16.2. The molecule has 2 rings (SSSR count). The lowest BCUT2D eigenvalue weighted by Gasteiger charge is -2.21. The Bertz CT molecular complexity index is 683. The number of rotatable bonds is 8. The Morgan fingerprint density at radius 1 is 1.00 bits per heavy atom. The van der Waals surface area contributed by atoms with Crippen LogP contribution in [0.2, 0.25) is 0 Å². The van der Waals surface area contributed by atoms with Gasteiger partial charge in [-0.25, -0.2) is 0 Å². The van der Waals surface area contributed by atoms with Gasteiger partial charge in [0.2, 0.25) is 5.91 Å². The number of benzene rings is 2. The number of hydrogen-bond acceptors (Lipinski definition) is 3. The quantitative estimate of drug-likeness (QED) is 0.753. The van der Waals surface area contributed by atoms with Crippen molar-refractivity contribution in [2.45, 2.75) is 26.8 Å². The van der Waals surface area contributed by atoms with Crippen molar-refractivity contribution in [3.63, 3.8) is 0 Å². The second kappa shape index (κ2) is 8.99. The summed E-state index contributed by atoms with van der Waals surface area (Å²) in [6.07, 6.45) is 0.976. The first-order chi connectivity index (χ1) is 11.6. The van der Waals surface area contributed by atoms with Crippen LogP contribution in [-0.4, -0.2) is 29.7 Å². The van der Waals surface area contributed by atoms with Gasteiger partial charge >= 0.3 is 0 Å². The molecule has 2 aromatic carbocycles. The van der Waals surface area contributed by atoms with E-state index in [1.54, 1.807) is 18.2 Å². The number of Topliss-reactive ketones (excluding diaryl/α,β-unsaturated/α-hetero) is 1. The van der Waals surface area contributed by atoms with Crippen LogP contribution in [0.3, 0.4) is 0 Å². The van der Waals surface area contributed by atoms with Gasteiger partial charge in [-0.15, -0.1) is 0 Å². The normalized spacial score (nSPS) is 10.6. The number of amides is 1. The van der Waals surface area contributed by atoms with Gasteiger partial charge in [0.15, 0.2) is 5.78 Å². The van der Waals surface area contributed by atoms with Crippen LogP contribution in [0.1, 0.15) is 36.2 Å². The van der Waals surface area contributed by atoms with Crippen LogP contribution in [0.15, 0.2) is 54.6 Å². The molecule has 4 nitrogen and oxygen atoms in total. The van der Waals surface area contributed by atoms with Crippen molar-refractivity contribution >= 4 is 17.4 Å². The van der Waals surface area contributed by atoms with Crippen LogP contribution in [0.25, 0.3) is 0 Å². The van der Waals surface area contributed by atoms with E-state index in [2.05, 4.69) is 29.3 Å². The highest BCUT2D eigenvalue weighted by molar-refractivity contribution is 6.04. The monoisotopic (exact) mass is 324 g/mol. The maximum absolute atomic E-state index is 12.4. The molecule has 1 N–H and O–H groups in total. The molecule has 0 aliphatic heterocycles. The topological polar surface area (TPSA) is 49.4 Å². The largest absolute Gasteiger partial charge is 0.324 e. The van der Waals surface area contributed by atoms with Crippen molar-refractivity contribution < 1.29 is 9.59 Å². The van der Waals surface area contributed by atoms with Crippen molar-refractivity contribution in [2.24, 2.45) is 0 Å². The Morgan fingerprint density at radius 3 is 2.33 bits per heavy atom. The number of carbonyl (C=O) groups excluding carboxylic acids is 2. The van der Waals surface area contributed by atoms with E-state index in [4.69, 9.17) is 0 Å². The third kappa shape index (κ3) is 5.32. The lowest BCUT2D eigenvalue weighted by molar-refractivity contribution is -0.117. The molecule has 0 aliphatic rings. The SMILES string of the molecule is CCCN(CC(=O)Nc1ccccc1C(C)=O)Cc1ccccc1. The fraction of sp³-hybridized carbons (Fsp3) is 0.300. The fourth-order valence-corrected chi connectivity index (χ4v) is 2.66. The highest BCUT2D eigenvalue weighted by Gasteiger charge is 2.13. The predicted octanol–water partition coefficient (Wildman–Crippen LogP) is 3.74. The van der Waals surface area contributed by atoms with Gasteiger partial charge in [0.1, 0.15) is 0 Å². The summed E-state index contributed by atoms with van der Waals surface area (Å²) < 4.78 is 0. The third-order valence-corrected chi connectivity index (χ3v) is 3.74. The predicted molar refractivity (Wildman–Crippen MR) is 97.1 cm³/mol. The second-order valence-electron chi connectivity index (χ2n) is 5.85. The van der Waals surface area contributed by atoms with E-state index < -0.39 is 0 Å². The summed E-state index contributed by atoms with van der Waals surface area (Å²) in [7, 11) is 0. The van der Waals surface area contributed by atoms with E-state index in [0.29, 0.717) is 17.8 Å². The first-order valence-electron chi connectivity index (χ1n) is 8.26. The zero-order valence-corrected chi connectivity index (χ0v) is 14.3. The molecular weight excluding hydrogens is 300 g/mol. The number of para-hydroxylation sites is 1. The lowest BCUT2D eigenvalue weighted by atomic mass is 10.1. The number of carbonyl (C=O) groups is 2. The first kappa shape index (κ1) is 17.9. The number of anilines is 1. The van der Waals surface area contributed by atoms with Gasteiger partial charge in [0.05, 0.1) is 12.2 Å². The van der Waals surface area contributed by atoms with Crippen LogP contribution >= 0.6 is 0 Å². The van der Waals surface area contributed by atoms with E-state index in [0.717, 1.165) is 19.5 Å². The average molecular weight is 324 g/mol. The number of hydrogen-bond donors (Lipinski definition) is 1. The Balaban J connectivity index is 2.02. The van der Waals surface area contributed by atoms with Crippen molar-refractivity contribution in [2.75, 3.05) is 18.4 Å². The molecule has 0 radical (unpaired) electrons. The second-order valence-corrected chi connectivity index (χ2v) is 5.85. The van der Waals surface area contributed by atoms with E-state index in [9.17, 15) is 9.59 Å². The molecule has 0 aliphatic carbocycles. The van der Waals surface area contributed by atoms with Gasteiger partial charge in [0.25, 0.3) is 0 Å². The molecule has 0 saturated carbocycles. The summed E-state index contributed by atoms with van der Waals surface area (Å²) in [6.45, 7) is 5.48. The highest BCUT2D eigenvalue weighted by Crippen LogP contribution is 2.15. The number of nitrogens with zero attached hydrogens (tertiary/aromatic N) is 1. The minimum absolute atomic E-state index is 0.0550. The molecule has 126 valence electrons. The molecule has 0 atom stereocenters. The molecule has 0 heterocycles. The zero-order valence-electron chi connectivity index (χ0n) is 14.3. The van der Waals surface area contributed by atoms with E-state index >= 15 is 0 Å². The van der Waals surface area contributed by atoms with Crippen molar-refractivity contribution in [1.82, 2.24) is 4.90 Å². The zero-order chi connectivity index (χ0) is 17.4. The molecular formula is C20H24N2O2. The number of nitrogens with one attached hydrogen (secondary N) is 1. The molecule has 1 amide bonds. The summed E-state index contributed by atoms with van der Waals surface area (Å²) in [6, 6.07) is 17.2. The fourth-order valence-electron chi connectivity index (χ4n) is 2.66. The van der Waals surface area contributed by atoms with E-state index in [1.165, 1.54) is 12.5 Å². The molecule has 0 spiro atoms. The first-order valence-corrected chi connectivity index (χ1v) is 8.26. The van der Waals surface area contributed by atoms with Crippen LogP contribution in [0.4, 0.5) is 5.69 Å². The Labute approximate surface area is 143 Å². The molecule has 0 aromatic heterocycles. The summed E-state index contributed by atoms with van der Waals surface area (Å²) in [5, 5.41) is 2.87. The molecule has 0 unspecified atom stereocenters. The van der Waals surface area contributed by atoms with Crippen LogP contribution < -0.4 is 5.32 Å². The van der Waals surface area contributed by atoms with Gasteiger partial charge in [0, 0.05) is 12.1 Å². The number of ketones is 1. The smallest absolute Gasteiger partial charge is 0.238 e. The molecule has 0 fully saturated rings. The molecule has 4 heteroatoms. The van der Waals surface area contributed by atoms with Gasteiger partial charge in [-0.2, -0.15) is 0 Å². The summed E-state index contributed by atoms with van der Waals surface area (Å²) >= 11 is 0. The van der Waals surface area contributed by atoms with Gasteiger partial charge in [-0.3, -0.25) is 14.5 Å². The molecule has 0 bridgehead atoms. The maximum Gasteiger partial charge on any atom is 0.238 e. The van der Waals surface area contributed by atoms with E-state index in [1.807, 2.05) is 24.3 Å². The van der Waals surface area contributed by atoms with Gasteiger partial charge < -0.3 is 5.32 Å². The van der Waals surface area contributed by atoms with Crippen LogP contribution in [-0.2, 0) is 11.3 Å². The molecule has 0 saturated heterocycles.